The van der Waals surface area contributed by atoms with Gasteiger partial charge in [0.15, 0.2) is 11.6 Å². The number of benzene rings is 1. The molecule has 0 atom stereocenters. The number of carbonyl (C=O) groups is 1. The van der Waals surface area contributed by atoms with E-state index in [4.69, 9.17) is 21.5 Å². The Morgan fingerprint density at radius 2 is 2.12 bits per heavy atom. The van der Waals surface area contributed by atoms with Crippen LogP contribution in [0.15, 0.2) is 22.8 Å². The van der Waals surface area contributed by atoms with Crippen molar-refractivity contribution in [1.29, 1.82) is 0 Å². The van der Waals surface area contributed by atoms with Crippen LogP contribution < -0.4 is 10.8 Å². The van der Waals surface area contributed by atoms with Gasteiger partial charge in [0, 0.05) is 6.20 Å². The molecule has 0 saturated carbocycles. The number of hydroxylamine groups is 1. The molecule has 0 spiro atoms. The first-order valence-electron chi connectivity index (χ1n) is 6.94. The van der Waals surface area contributed by atoms with Gasteiger partial charge < -0.3 is 10.4 Å². The van der Waals surface area contributed by atoms with Crippen molar-refractivity contribution < 1.29 is 23.5 Å². The van der Waals surface area contributed by atoms with Crippen molar-refractivity contribution in [2.45, 2.75) is 6.92 Å². The zero-order valence-electron chi connectivity index (χ0n) is 12.9. The number of nitrogens with zero attached hydrogens (tertiary/aromatic N) is 1. The van der Waals surface area contributed by atoms with E-state index >= 15 is 0 Å². The van der Waals surface area contributed by atoms with Crippen molar-refractivity contribution in [2.24, 2.45) is 0 Å². The second kappa shape index (κ2) is 8.52. The summed E-state index contributed by atoms with van der Waals surface area (Å²) in [5.41, 5.74) is 2.10. The molecule has 2 rings (SSSR count). The van der Waals surface area contributed by atoms with Gasteiger partial charge in [0.2, 0.25) is 0 Å². The molecule has 0 aliphatic rings. The number of halogens is 4. The number of pyridine rings is 1. The number of aliphatic hydroxyl groups excluding tert-OH is 1. The van der Waals surface area contributed by atoms with Crippen LogP contribution in [0.1, 0.15) is 15.9 Å². The zero-order chi connectivity index (χ0) is 18.6. The van der Waals surface area contributed by atoms with Crippen molar-refractivity contribution in [1.82, 2.24) is 10.5 Å². The Labute approximate surface area is 155 Å². The van der Waals surface area contributed by atoms with Crippen LogP contribution in [0.25, 0.3) is 0 Å². The fourth-order valence-electron chi connectivity index (χ4n) is 1.86. The summed E-state index contributed by atoms with van der Waals surface area (Å²) < 4.78 is 28.7. The van der Waals surface area contributed by atoms with Gasteiger partial charge in [0.05, 0.1) is 34.0 Å². The molecule has 1 heterocycles. The lowest BCUT2D eigenvalue weighted by Gasteiger charge is -2.15. The number of aromatic nitrogens is 1. The van der Waals surface area contributed by atoms with Crippen LogP contribution in [0.2, 0.25) is 5.02 Å². The fourth-order valence-corrected chi connectivity index (χ4v) is 2.61. The molecule has 0 saturated heterocycles. The van der Waals surface area contributed by atoms with E-state index < -0.39 is 28.3 Å². The minimum Gasteiger partial charge on any atom is -0.394 e. The van der Waals surface area contributed by atoms with Gasteiger partial charge in [-0.15, -0.1) is 0 Å². The van der Waals surface area contributed by atoms with Gasteiger partial charge in [-0.2, -0.15) is 0 Å². The van der Waals surface area contributed by atoms with E-state index in [0.29, 0.717) is 4.47 Å². The number of nitrogens with one attached hydrogen (secondary N) is 2. The van der Waals surface area contributed by atoms with Crippen LogP contribution in [-0.2, 0) is 4.84 Å². The van der Waals surface area contributed by atoms with Gasteiger partial charge in [0.25, 0.3) is 5.91 Å². The van der Waals surface area contributed by atoms with E-state index in [1.165, 1.54) is 6.20 Å². The second-order valence-corrected chi connectivity index (χ2v) is 6.14. The van der Waals surface area contributed by atoms with Crippen LogP contribution in [0, 0.1) is 18.6 Å². The Kier molecular flexibility index (Phi) is 6.65. The Balaban J connectivity index is 2.44. The summed E-state index contributed by atoms with van der Waals surface area (Å²) in [5.74, 6) is -3.34. The molecule has 0 aliphatic carbocycles. The van der Waals surface area contributed by atoms with E-state index in [2.05, 4.69) is 26.2 Å². The van der Waals surface area contributed by atoms with Crippen LogP contribution in [0.3, 0.4) is 0 Å². The first-order valence-corrected chi connectivity index (χ1v) is 8.12. The molecule has 10 heteroatoms. The lowest BCUT2D eigenvalue weighted by atomic mass is 10.1. The predicted molar refractivity (Wildman–Crippen MR) is 91.8 cm³/mol. The summed E-state index contributed by atoms with van der Waals surface area (Å²) in [6.07, 6.45) is 1.52. The molecule has 2 aromatic rings. The third kappa shape index (κ3) is 4.63. The molecular formula is C15H13BrClF2N3O3. The molecule has 0 bridgehead atoms. The number of aliphatic hydroxyl groups is 1. The Bertz CT molecular complexity index is 808. The number of hydrogen-bond donors (Lipinski definition) is 3. The first kappa shape index (κ1) is 19.5. The third-order valence-electron chi connectivity index (χ3n) is 2.99. The molecule has 1 amide bonds. The third-order valence-corrected chi connectivity index (χ3v) is 3.87. The minimum absolute atomic E-state index is 0.170. The van der Waals surface area contributed by atoms with Crippen LogP contribution in [0.4, 0.5) is 20.3 Å². The van der Waals surface area contributed by atoms with Crippen molar-refractivity contribution in [2.75, 3.05) is 18.5 Å². The predicted octanol–water partition coefficient (Wildman–Crippen LogP) is 3.48. The highest BCUT2D eigenvalue weighted by molar-refractivity contribution is 9.10. The molecule has 0 radical (unpaired) electrons. The van der Waals surface area contributed by atoms with E-state index in [1.807, 2.05) is 5.48 Å². The SMILES string of the molecule is Cc1cnc(Nc2c(C(=O)NOCCO)cc(Cl)c(F)c2F)c(Br)c1. The number of carbonyl (C=O) groups excluding carboxylic acids is 1. The molecule has 134 valence electrons. The maximum Gasteiger partial charge on any atom is 0.277 e. The highest BCUT2D eigenvalue weighted by Crippen LogP contribution is 2.32. The quantitative estimate of drug-likeness (QED) is 0.367. The highest BCUT2D eigenvalue weighted by Gasteiger charge is 2.23. The lowest BCUT2D eigenvalue weighted by molar-refractivity contribution is 0.0168. The molecule has 1 aromatic heterocycles. The summed E-state index contributed by atoms with van der Waals surface area (Å²) in [6.45, 7) is 1.31. The molecule has 25 heavy (non-hydrogen) atoms. The van der Waals surface area contributed by atoms with Crippen molar-refractivity contribution in [3.63, 3.8) is 0 Å². The molecule has 0 fully saturated rings. The van der Waals surface area contributed by atoms with Crippen molar-refractivity contribution in [3.05, 3.63) is 50.6 Å². The average molecular weight is 437 g/mol. The van der Waals surface area contributed by atoms with Crippen LogP contribution >= 0.6 is 27.5 Å². The standard InChI is InChI=1S/C15H13BrClF2N3O3/c1-7-4-9(16)14(20-6-7)21-13-8(15(24)22-25-3-2-23)5-10(17)11(18)12(13)19/h4-6,23H,2-3H2,1H3,(H,20,21)(H,22,24). The minimum atomic E-state index is -1.34. The number of hydrogen-bond acceptors (Lipinski definition) is 5. The number of amides is 1. The molecule has 6 nitrogen and oxygen atoms in total. The summed E-state index contributed by atoms with van der Waals surface area (Å²) in [5, 5.41) is 10.7. The summed E-state index contributed by atoms with van der Waals surface area (Å²) >= 11 is 8.88. The number of anilines is 2. The van der Waals surface area contributed by atoms with Crippen molar-refractivity contribution >= 4 is 44.9 Å². The maximum atomic E-state index is 14.3. The molecule has 0 aliphatic heterocycles. The van der Waals surface area contributed by atoms with Crippen LogP contribution in [0.5, 0.6) is 0 Å². The molecule has 3 N–H and O–H groups in total. The Hall–Kier alpha value is -1.81. The normalized spacial score (nSPS) is 10.6. The zero-order valence-corrected chi connectivity index (χ0v) is 15.2. The maximum absolute atomic E-state index is 14.3. The number of aryl methyl sites for hydroxylation is 1. The topological polar surface area (TPSA) is 83.5 Å². The smallest absolute Gasteiger partial charge is 0.277 e. The van der Waals surface area contributed by atoms with E-state index in [-0.39, 0.29) is 24.6 Å². The lowest BCUT2D eigenvalue weighted by Crippen LogP contribution is -2.26. The average Bonchev–Trinajstić information content (AvgIpc) is 2.57. The van der Waals surface area contributed by atoms with Crippen LogP contribution in [-0.4, -0.2) is 29.2 Å². The summed E-state index contributed by atoms with van der Waals surface area (Å²) in [7, 11) is 0. The Morgan fingerprint density at radius 3 is 2.76 bits per heavy atom. The monoisotopic (exact) mass is 435 g/mol. The van der Waals surface area contributed by atoms with E-state index in [1.54, 1.807) is 13.0 Å². The summed E-state index contributed by atoms with van der Waals surface area (Å²) in [6, 6.07) is 2.67. The van der Waals surface area contributed by atoms with Gasteiger partial charge in [-0.25, -0.2) is 19.2 Å². The number of rotatable bonds is 6. The summed E-state index contributed by atoms with van der Waals surface area (Å²) in [4.78, 5) is 20.9. The van der Waals surface area contributed by atoms with Gasteiger partial charge in [-0.3, -0.25) is 9.63 Å². The van der Waals surface area contributed by atoms with Gasteiger partial charge in [-0.05, 0) is 40.5 Å². The highest BCUT2D eigenvalue weighted by atomic mass is 79.9. The van der Waals surface area contributed by atoms with E-state index in [9.17, 15) is 13.6 Å². The Morgan fingerprint density at radius 1 is 1.40 bits per heavy atom. The largest absolute Gasteiger partial charge is 0.394 e. The second-order valence-electron chi connectivity index (χ2n) is 4.88. The molecular weight excluding hydrogens is 424 g/mol. The molecule has 1 aromatic carbocycles. The van der Waals surface area contributed by atoms with Gasteiger partial charge >= 0.3 is 0 Å². The van der Waals surface area contributed by atoms with Gasteiger partial charge in [0.1, 0.15) is 5.82 Å². The molecule has 0 unspecified atom stereocenters. The fraction of sp³-hybridized carbons (Fsp3) is 0.200. The van der Waals surface area contributed by atoms with Gasteiger partial charge in [-0.1, -0.05) is 11.6 Å². The van der Waals surface area contributed by atoms with E-state index in [0.717, 1.165) is 11.6 Å². The first-order chi connectivity index (χ1) is 11.8. The van der Waals surface area contributed by atoms with Crippen molar-refractivity contribution in [3.8, 4) is 0 Å².